The zero-order valence-electron chi connectivity index (χ0n) is 14.1. The van der Waals surface area contributed by atoms with Crippen molar-refractivity contribution in [2.24, 2.45) is 0 Å². The third kappa shape index (κ3) is 3.59. The van der Waals surface area contributed by atoms with Gasteiger partial charge in [-0.1, -0.05) is 6.07 Å². The summed E-state index contributed by atoms with van der Waals surface area (Å²) in [6.45, 7) is 1.35. The lowest BCUT2D eigenvalue weighted by atomic mass is 9.93. The Kier molecular flexibility index (Phi) is 5.15. The second kappa shape index (κ2) is 7.49. The van der Waals surface area contributed by atoms with Crippen LogP contribution in [0.3, 0.4) is 0 Å². The minimum absolute atomic E-state index is 0.0451. The van der Waals surface area contributed by atoms with Gasteiger partial charge in [0.05, 0.1) is 32.0 Å². The SMILES string of the molecule is COCCn1cc2c(n1)C(NC(=O)c1cccc(OC)c1)CCC2. The molecule has 1 aromatic carbocycles. The molecule has 0 saturated carbocycles. The maximum Gasteiger partial charge on any atom is 0.251 e. The molecule has 3 rings (SSSR count). The topological polar surface area (TPSA) is 65.4 Å². The summed E-state index contributed by atoms with van der Waals surface area (Å²) in [6, 6.07) is 7.14. The molecule has 1 heterocycles. The quantitative estimate of drug-likeness (QED) is 0.883. The fourth-order valence-electron chi connectivity index (χ4n) is 3.04. The third-order valence-corrected chi connectivity index (χ3v) is 4.30. The molecule has 1 N–H and O–H groups in total. The van der Waals surface area contributed by atoms with Gasteiger partial charge >= 0.3 is 0 Å². The molecule has 0 saturated heterocycles. The van der Waals surface area contributed by atoms with Gasteiger partial charge in [0, 0.05) is 18.9 Å². The van der Waals surface area contributed by atoms with Crippen molar-refractivity contribution in [3.8, 4) is 5.75 Å². The zero-order chi connectivity index (χ0) is 16.9. The Bertz CT molecular complexity index is 711. The minimum atomic E-state index is -0.0989. The van der Waals surface area contributed by atoms with Gasteiger partial charge in [0.25, 0.3) is 5.91 Å². The van der Waals surface area contributed by atoms with Crippen LogP contribution in [0, 0.1) is 0 Å². The number of nitrogens with zero attached hydrogens (tertiary/aromatic N) is 2. The summed E-state index contributed by atoms with van der Waals surface area (Å²) in [5.41, 5.74) is 2.79. The average molecular weight is 329 g/mol. The van der Waals surface area contributed by atoms with Crippen LogP contribution in [-0.2, 0) is 17.7 Å². The third-order valence-electron chi connectivity index (χ3n) is 4.30. The molecule has 2 aromatic rings. The van der Waals surface area contributed by atoms with Crippen LogP contribution in [0.15, 0.2) is 30.5 Å². The van der Waals surface area contributed by atoms with Crippen LogP contribution < -0.4 is 10.1 Å². The fourth-order valence-corrected chi connectivity index (χ4v) is 3.04. The number of hydrogen-bond donors (Lipinski definition) is 1. The summed E-state index contributed by atoms with van der Waals surface area (Å²) in [6.07, 6.45) is 5.03. The van der Waals surface area contributed by atoms with Crippen LogP contribution in [-0.4, -0.2) is 36.5 Å². The van der Waals surface area contributed by atoms with E-state index < -0.39 is 0 Å². The number of aryl methyl sites for hydroxylation is 1. The van der Waals surface area contributed by atoms with E-state index in [1.165, 1.54) is 5.56 Å². The van der Waals surface area contributed by atoms with Gasteiger partial charge in [0.15, 0.2) is 0 Å². The van der Waals surface area contributed by atoms with Gasteiger partial charge in [-0.15, -0.1) is 0 Å². The predicted molar refractivity (Wildman–Crippen MR) is 90.2 cm³/mol. The van der Waals surface area contributed by atoms with Crippen LogP contribution >= 0.6 is 0 Å². The molecule has 1 atom stereocenters. The molecule has 6 heteroatoms. The van der Waals surface area contributed by atoms with E-state index in [0.717, 1.165) is 31.5 Å². The summed E-state index contributed by atoms with van der Waals surface area (Å²) in [5.74, 6) is 0.578. The minimum Gasteiger partial charge on any atom is -0.497 e. The van der Waals surface area contributed by atoms with Crippen LogP contribution in [0.2, 0.25) is 0 Å². The summed E-state index contributed by atoms with van der Waals surface area (Å²) in [7, 11) is 3.28. The number of aromatic nitrogens is 2. The molecule has 1 amide bonds. The Morgan fingerprint density at radius 1 is 1.42 bits per heavy atom. The summed E-state index contributed by atoms with van der Waals surface area (Å²) < 4.78 is 12.2. The van der Waals surface area contributed by atoms with Crippen molar-refractivity contribution in [1.29, 1.82) is 0 Å². The highest BCUT2D eigenvalue weighted by molar-refractivity contribution is 5.94. The molecule has 1 aromatic heterocycles. The number of rotatable bonds is 6. The van der Waals surface area contributed by atoms with E-state index in [1.807, 2.05) is 16.8 Å². The Morgan fingerprint density at radius 2 is 2.29 bits per heavy atom. The van der Waals surface area contributed by atoms with E-state index in [0.29, 0.717) is 17.9 Å². The molecule has 1 unspecified atom stereocenters. The van der Waals surface area contributed by atoms with E-state index in [4.69, 9.17) is 9.47 Å². The molecule has 1 aliphatic carbocycles. The van der Waals surface area contributed by atoms with Gasteiger partial charge in [-0.3, -0.25) is 9.48 Å². The van der Waals surface area contributed by atoms with Crippen LogP contribution in [0.25, 0.3) is 0 Å². The van der Waals surface area contributed by atoms with Gasteiger partial charge in [0.2, 0.25) is 0 Å². The number of methoxy groups -OCH3 is 2. The molecular weight excluding hydrogens is 306 g/mol. The molecule has 0 bridgehead atoms. The standard InChI is InChI=1S/C18H23N3O3/c1-23-10-9-21-12-14-6-4-8-16(17(14)20-21)19-18(22)13-5-3-7-15(11-13)24-2/h3,5,7,11-12,16H,4,6,8-10H2,1-2H3,(H,19,22). The fraction of sp³-hybridized carbons (Fsp3) is 0.444. The van der Waals surface area contributed by atoms with Crippen LogP contribution in [0.5, 0.6) is 5.75 Å². The first-order valence-electron chi connectivity index (χ1n) is 8.21. The molecule has 1 aliphatic rings. The molecule has 6 nitrogen and oxygen atoms in total. The van der Waals surface area contributed by atoms with Crippen molar-refractivity contribution in [2.75, 3.05) is 20.8 Å². The average Bonchev–Trinajstić information content (AvgIpc) is 3.04. The second-order valence-electron chi connectivity index (χ2n) is 5.95. The van der Waals surface area contributed by atoms with E-state index in [9.17, 15) is 4.79 Å². The molecule has 128 valence electrons. The molecule has 0 radical (unpaired) electrons. The summed E-state index contributed by atoms with van der Waals surface area (Å²) in [5, 5.41) is 7.76. The smallest absolute Gasteiger partial charge is 0.251 e. The normalized spacial score (nSPS) is 16.5. The lowest BCUT2D eigenvalue weighted by Crippen LogP contribution is -2.31. The maximum atomic E-state index is 12.5. The zero-order valence-corrected chi connectivity index (χ0v) is 14.1. The molecule has 24 heavy (non-hydrogen) atoms. The van der Waals surface area contributed by atoms with Crippen LogP contribution in [0.4, 0.5) is 0 Å². The number of fused-ring (bicyclic) bond motifs is 1. The van der Waals surface area contributed by atoms with Gasteiger partial charge < -0.3 is 14.8 Å². The largest absolute Gasteiger partial charge is 0.497 e. The van der Waals surface area contributed by atoms with Gasteiger partial charge in [-0.2, -0.15) is 5.10 Å². The highest BCUT2D eigenvalue weighted by atomic mass is 16.5. The summed E-state index contributed by atoms with van der Waals surface area (Å²) in [4.78, 5) is 12.5. The highest BCUT2D eigenvalue weighted by Crippen LogP contribution is 2.29. The maximum absolute atomic E-state index is 12.5. The number of carbonyl (C=O) groups is 1. The number of benzene rings is 1. The predicted octanol–water partition coefficient (Wildman–Crippen LogP) is 2.35. The molecular formula is C18H23N3O3. The number of amides is 1. The molecule has 0 aliphatic heterocycles. The van der Waals surface area contributed by atoms with Crippen molar-refractivity contribution < 1.29 is 14.3 Å². The van der Waals surface area contributed by atoms with E-state index >= 15 is 0 Å². The number of nitrogens with one attached hydrogen (secondary N) is 1. The second-order valence-corrected chi connectivity index (χ2v) is 5.95. The van der Waals surface area contributed by atoms with Crippen molar-refractivity contribution in [3.63, 3.8) is 0 Å². The first-order chi connectivity index (χ1) is 11.7. The van der Waals surface area contributed by atoms with Crippen molar-refractivity contribution in [2.45, 2.75) is 31.8 Å². The van der Waals surface area contributed by atoms with Gasteiger partial charge in [0.1, 0.15) is 5.75 Å². The first-order valence-corrected chi connectivity index (χ1v) is 8.21. The van der Waals surface area contributed by atoms with E-state index in [1.54, 1.807) is 26.4 Å². The number of carbonyl (C=O) groups excluding carboxylic acids is 1. The van der Waals surface area contributed by atoms with Crippen LogP contribution in [0.1, 0.15) is 40.5 Å². The molecule has 0 spiro atoms. The monoisotopic (exact) mass is 329 g/mol. The van der Waals surface area contributed by atoms with E-state index in [2.05, 4.69) is 16.6 Å². The van der Waals surface area contributed by atoms with Gasteiger partial charge in [-0.25, -0.2) is 0 Å². The lowest BCUT2D eigenvalue weighted by Gasteiger charge is -2.22. The van der Waals surface area contributed by atoms with Crippen molar-refractivity contribution in [3.05, 3.63) is 47.3 Å². The van der Waals surface area contributed by atoms with Crippen molar-refractivity contribution in [1.82, 2.24) is 15.1 Å². The Hall–Kier alpha value is -2.34. The Labute approximate surface area is 141 Å². The molecule has 0 fully saturated rings. The Morgan fingerprint density at radius 3 is 3.08 bits per heavy atom. The highest BCUT2D eigenvalue weighted by Gasteiger charge is 2.25. The Balaban J connectivity index is 1.74. The summed E-state index contributed by atoms with van der Waals surface area (Å²) >= 11 is 0. The number of hydrogen-bond acceptors (Lipinski definition) is 4. The lowest BCUT2D eigenvalue weighted by molar-refractivity contribution is 0.0931. The van der Waals surface area contributed by atoms with Gasteiger partial charge in [-0.05, 0) is 43.0 Å². The number of ether oxygens (including phenoxy) is 2. The first kappa shape index (κ1) is 16.5. The van der Waals surface area contributed by atoms with Crippen molar-refractivity contribution >= 4 is 5.91 Å². The van der Waals surface area contributed by atoms with E-state index in [-0.39, 0.29) is 11.9 Å².